The van der Waals surface area contributed by atoms with Gasteiger partial charge in [0.15, 0.2) is 0 Å². The zero-order valence-corrected chi connectivity index (χ0v) is 17.5. The summed E-state index contributed by atoms with van der Waals surface area (Å²) < 4.78 is 44.7. The Kier molecular flexibility index (Phi) is 6.18. The van der Waals surface area contributed by atoms with Crippen molar-refractivity contribution in [1.29, 1.82) is 0 Å². The first kappa shape index (κ1) is 21.9. The minimum absolute atomic E-state index is 0.193. The van der Waals surface area contributed by atoms with E-state index in [0.29, 0.717) is 25.1 Å². The predicted octanol–water partition coefficient (Wildman–Crippen LogP) is 5.11. The summed E-state index contributed by atoms with van der Waals surface area (Å²) in [5, 5.41) is 0. The highest BCUT2D eigenvalue weighted by Gasteiger charge is 2.44. The van der Waals surface area contributed by atoms with Crippen LogP contribution < -0.4 is 0 Å². The molecule has 2 saturated heterocycles. The van der Waals surface area contributed by atoms with Crippen molar-refractivity contribution in [3.05, 3.63) is 35.4 Å². The van der Waals surface area contributed by atoms with Crippen LogP contribution in [-0.4, -0.2) is 53.2 Å². The Morgan fingerprint density at radius 3 is 2.45 bits per heavy atom. The number of amides is 1. The maximum Gasteiger partial charge on any atom is 0.416 e. The minimum atomic E-state index is -4.33. The number of rotatable bonds is 4. The molecule has 0 aromatic heterocycles. The molecule has 1 unspecified atom stereocenters. The summed E-state index contributed by atoms with van der Waals surface area (Å²) in [6.45, 7) is 8.74. The van der Waals surface area contributed by atoms with E-state index in [1.165, 1.54) is 12.1 Å². The van der Waals surface area contributed by atoms with Crippen LogP contribution in [0.15, 0.2) is 24.3 Å². The van der Waals surface area contributed by atoms with Crippen LogP contribution in [0.5, 0.6) is 0 Å². The fraction of sp³-hybridized carbons (Fsp3) is 0.682. The third kappa shape index (κ3) is 5.44. The van der Waals surface area contributed by atoms with E-state index < -0.39 is 17.3 Å². The minimum Gasteiger partial charge on any atom is -0.444 e. The monoisotopic (exact) mass is 412 g/mol. The highest BCUT2D eigenvalue weighted by Crippen LogP contribution is 2.36. The van der Waals surface area contributed by atoms with Crippen molar-refractivity contribution < 1.29 is 22.7 Å². The standard InChI is InChI=1S/C22H31F3N2O2/c1-20(2,3)29-19(28)26-12-5-10-21(16-26,27-13-6-14-27)11-9-17-7-4-8-18(15-17)22(23,24)25/h4,7-8,15H,5-6,9-14,16H2,1-3H3. The van der Waals surface area contributed by atoms with Gasteiger partial charge in [0.2, 0.25) is 0 Å². The fourth-order valence-corrected chi connectivity index (χ4v) is 4.29. The molecule has 1 aromatic rings. The maximum atomic E-state index is 13.0. The van der Waals surface area contributed by atoms with Crippen LogP contribution in [0.2, 0.25) is 0 Å². The molecule has 2 aliphatic heterocycles. The normalized spacial score (nSPS) is 23.6. The van der Waals surface area contributed by atoms with E-state index >= 15 is 0 Å². The number of aryl methyl sites for hydroxylation is 1. The highest BCUT2D eigenvalue weighted by molar-refractivity contribution is 5.68. The molecule has 162 valence electrons. The van der Waals surface area contributed by atoms with Gasteiger partial charge in [-0.1, -0.05) is 18.2 Å². The molecule has 29 heavy (non-hydrogen) atoms. The number of hydrogen-bond acceptors (Lipinski definition) is 3. The first-order valence-electron chi connectivity index (χ1n) is 10.4. The van der Waals surface area contributed by atoms with Crippen molar-refractivity contribution in [2.45, 2.75) is 70.2 Å². The van der Waals surface area contributed by atoms with Gasteiger partial charge in [-0.3, -0.25) is 4.90 Å². The Morgan fingerprint density at radius 1 is 1.14 bits per heavy atom. The summed E-state index contributed by atoms with van der Waals surface area (Å²) in [5.74, 6) is 0. The molecule has 0 bridgehead atoms. The van der Waals surface area contributed by atoms with Crippen LogP contribution in [0.25, 0.3) is 0 Å². The van der Waals surface area contributed by atoms with Gasteiger partial charge in [-0.15, -0.1) is 0 Å². The van der Waals surface area contributed by atoms with Crippen LogP contribution in [0.3, 0.4) is 0 Å². The predicted molar refractivity (Wildman–Crippen MR) is 106 cm³/mol. The van der Waals surface area contributed by atoms with Gasteiger partial charge in [-0.2, -0.15) is 13.2 Å². The quantitative estimate of drug-likeness (QED) is 0.689. The summed E-state index contributed by atoms with van der Waals surface area (Å²) in [5.41, 5.74) is -0.658. The van der Waals surface area contributed by atoms with E-state index in [0.717, 1.165) is 44.8 Å². The molecule has 0 saturated carbocycles. The van der Waals surface area contributed by atoms with Gasteiger partial charge >= 0.3 is 12.3 Å². The molecule has 1 amide bonds. The second-order valence-electron chi connectivity index (χ2n) is 9.27. The van der Waals surface area contributed by atoms with Crippen molar-refractivity contribution in [1.82, 2.24) is 9.80 Å². The van der Waals surface area contributed by atoms with Gasteiger partial charge < -0.3 is 9.64 Å². The number of halogens is 3. The number of carbonyl (C=O) groups is 1. The van der Waals surface area contributed by atoms with Crippen LogP contribution >= 0.6 is 0 Å². The first-order chi connectivity index (χ1) is 13.5. The molecule has 0 radical (unpaired) electrons. The van der Waals surface area contributed by atoms with Crippen LogP contribution in [0.1, 0.15) is 57.6 Å². The van der Waals surface area contributed by atoms with Crippen LogP contribution in [0.4, 0.5) is 18.0 Å². The second kappa shape index (κ2) is 8.17. The Bertz CT molecular complexity index is 726. The number of nitrogens with zero attached hydrogens (tertiary/aromatic N) is 2. The van der Waals surface area contributed by atoms with Crippen LogP contribution in [-0.2, 0) is 17.3 Å². The lowest BCUT2D eigenvalue weighted by atomic mass is 9.80. The molecule has 2 aliphatic rings. The number of likely N-dealkylation sites (tertiary alicyclic amines) is 2. The lowest BCUT2D eigenvalue weighted by Gasteiger charge is -2.53. The summed E-state index contributed by atoms with van der Waals surface area (Å²) in [7, 11) is 0. The SMILES string of the molecule is CC(C)(C)OC(=O)N1CCCC(CCc2cccc(C(F)(F)F)c2)(N2CCC2)C1. The molecule has 2 heterocycles. The van der Waals surface area contributed by atoms with E-state index in [1.54, 1.807) is 11.0 Å². The Labute approximate surface area is 171 Å². The van der Waals surface area contributed by atoms with Crippen molar-refractivity contribution in [2.75, 3.05) is 26.2 Å². The Balaban J connectivity index is 1.73. The first-order valence-corrected chi connectivity index (χ1v) is 10.4. The third-order valence-corrected chi connectivity index (χ3v) is 5.87. The lowest BCUT2D eigenvalue weighted by Crippen LogP contribution is -2.63. The van der Waals surface area contributed by atoms with Gasteiger partial charge in [-0.25, -0.2) is 4.79 Å². The van der Waals surface area contributed by atoms with E-state index in [2.05, 4.69) is 4.90 Å². The summed E-state index contributed by atoms with van der Waals surface area (Å²) in [4.78, 5) is 16.8. The molecular formula is C22H31F3N2O2. The molecule has 0 aliphatic carbocycles. The maximum absolute atomic E-state index is 13.0. The number of carbonyl (C=O) groups excluding carboxylic acids is 1. The molecule has 7 heteroatoms. The van der Waals surface area contributed by atoms with Gasteiger partial charge in [-0.05, 0) is 77.6 Å². The average Bonchev–Trinajstić information content (AvgIpc) is 2.57. The van der Waals surface area contributed by atoms with Crippen molar-refractivity contribution in [2.24, 2.45) is 0 Å². The molecule has 0 spiro atoms. The highest BCUT2D eigenvalue weighted by atomic mass is 19.4. The zero-order chi connectivity index (χ0) is 21.3. The summed E-state index contributed by atoms with van der Waals surface area (Å²) in [6, 6.07) is 5.59. The molecule has 3 rings (SSSR count). The van der Waals surface area contributed by atoms with Gasteiger partial charge in [0, 0.05) is 18.6 Å². The van der Waals surface area contributed by atoms with Crippen LogP contribution in [0, 0.1) is 0 Å². The van der Waals surface area contributed by atoms with Crippen molar-refractivity contribution >= 4 is 6.09 Å². The van der Waals surface area contributed by atoms with E-state index in [9.17, 15) is 18.0 Å². The van der Waals surface area contributed by atoms with Crippen molar-refractivity contribution in [3.8, 4) is 0 Å². The Hall–Kier alpha value is -1.76. The fourth-order valence-electron chi connectivity index (χ4n) is 4.29. The molecule has 1 atom stereocenters. The summed E-state index contributed by atoms with van der Waals surface area (Å²) in [6.07, 6.45) is -0.401. The number of alkyl halides is 3. The van der Waals surface area contributed by atoms with E-state index in [-0.39, 0.29) is 11.6 Å². The average molecular weight is 412 g/mol. The van der Waals surface area contributed by atoms with Gasteiger partial charge in [0.25, 0.3) is 0 Å². The third-order valence-electron chi connectivity index (χ3n) is 5.87. The van der Waals surface area contributed by atoms with Crippen molar-refractivity contribution in [3.63, 3.8) is 0 Å². The molecule has 1 aromatic carbocycles. The van der Waals surface area contributed by atoms with Gasteiger partial charge in [0.05, 0.1) is 5.56 Å². The lowest BCUT2D eigenvalue weighted by molar-refractivity contribution is -0.137. The number of piperidine rings is 1. The van der Waals surface area contributed by atoms with Gasteiger partial charge in [0.1, 0.15) is 5.60 Å². The number of benzene rings is 1. The van der Waals surface area contributed by atoms with E-state index in [4.69, 9.17) is 4.74 Å². The molecule has 2 fully saturated rings. The summed E-state index contributed by atoms with van der Waals surface area (Å²) >= 11 is 0. The molecule has 0 N–H and O–H groups in total. The molecular weight excluding hydrogens is 381 g/mol. The number of hydrogen-bond donors (Lipinski definition) is 0. The largest absolute Gasteiger partial charge is 0.444 e. The molecule has 4 nitrogen and oxygen atoms in total. The second-order valence-corrected chi connectivity index (χ2v) is 9.27. The number of ether oxygens (including phenoxy) is 1. The van der Waals surface area contributed by atoms with E-state index in [1.807, 2.05) is 20.8 Å². The zero-order valence-electron chi connectivity index (χ0n) is 17.5. The smallest absolute Gasteiger partial charge is 0.416 e. The Morgan fingerprint density at radius 2 is 1.86 bits per heavy atom. The topological polar surface area (TPSA) is 32.8 Å².